The van der Waals surface area contributed by atoms with Gasteiger partial charge in [-0.05, 0) is 85.7 Å². The van der Waals surface area contributed by atoms with Crippen LogP contribution in [0.5, 0.6) is 11.5 Å². The van der Waals surface area contributed by atoms with Crippen LogP contribution in [0.2, 0.25) is 0 Å². The van der Waals surface area contributed by atoms with Crippen LogP contribution in [0.3, 0.4) is 0 Å². The first-order valence-electron chi connectivity index (χ1n) is 13.2. The standard InChI is InChI=1S/C30H32F3N5O4/c1-29(36)14-42-26-20(29)12-23(38-25(26)15-3-7-19(31)8-4-15)30(40,18-5-6-18)13-37-28(39)17-9-16(10-21(34)27(32)33)24(35)22(11-17)41-2/h3-4,7-12,18,27,40H,5-6,13-14,34-36H2,1-2H3,(H,37,39)/p-1/b21-10-/t29-,30+/m0/s1. The molecule has 7 N–H and O–H groups in total. The van der Waals surface area contributed by atoms with Crippen LogP contribution in [-0.2, 0) is 11.1 Å². The number of anilines is 1. The summed E-state index contributed by atoms with van der Waals surface area (Å²) < 4.78 is 50.9. The number of nitrogens with zero attached hydrogens (tertiary/aromatic N) is 2. The number of methoxy groups -OCH3 is 1. The molecular weight excluding hydrogens is 551 g/mol. The molecule has 2 aliphatic rings. The molecule has 1 fully saturated rings. The van der Waals surface area contributed by atoms with Gasteiger partial charge in [0.15, 0.2) is 5.75 Å². The van der Waals surface area contributed by atoms with Crippen LogP contribution < -0.4 is 31.8 Å². The number of aromatic nitrogens is 1. The summed E-state index contributed by atoms with van der Waals surface area (Å²) in [7, 11) is 1.32. The van der Waals surface area contributed by atoms with Crippen LogP contribution in [0.4, 0.5) is 18.9 Å². The molecule has 42 heavy (non-hydrogen) atoms. The Hall–Kier alpha value is -4.29. The number of alkyl halides is 2. The van der Waals surface area contributed by atoms with Gasteiger partial charge in [-0.2, -0.15) is 0 Å². The summed E-state index contributed by atoms with van der Waals surface area (Å²) in [6, 6.07) is 10.0. The first-order valence-corrected chi connectivity index (χ1v) is 13.2. The van der Waals surface area contributed by atoms with Gasteiger partial charge >= 0.3 is 0 Å². The maximum absolute atomic E-state index is 13.7. The van der Waals surface area contributed by atoms with Crippen molar-refractivity contribution in [3.05, 3.63) is 76.4 Å². The minimum Gasteiger partial charge on any atom is -0.858 e. The number of allylic oxidation sites excluding steroid dienone is 1. The molecule has 222 valence electrons. The number of nitrogen functional groups attached to an aromatic ring is 1. The highest BCUT2D eigenvalue weighted by Crippen LogP contribution is 2.49. The first kappa shape index (κ1) is 29.2. The van der Waals surface area contributed by atoms with Crippen molar-refractivity contribution in [1.82, 2.24) is 4.98 Å². The second-order valence-electron chi connectivity index (χ2n) is 10.9. The first-order chi connectivity index (χ1) is 19.8. The SMILES string of the molecule is COc1cc(C([O-])=NC[C@](O)(c2cc3c(c(-c4ccc(F)cc4)n2)OC[C@]3(C)N)C2CC2)cc(/C=C(\N)C(F)F)c1N. The molecular formula is C30H31F3N5O4-. The normalized spacial score (nSPS) is 20.3. The van der Waals surface area contributed by atoms with E-state index in [1.165, 1.54) is 31.4 Å². The second-order valence-corrected chi connectivity index (χ2v) is 10.9. The summed E-state index contributed by atoms with van der Waals surface area (Å²) in [6.45, 7) is 1.63. The minimum absolute atomic E-state index is 0.00404. The molecule has 0 saturated heterocycles. The van der Waals surface area contributed by atoms with Crippen LogP contribution in [0.1, 0.15) is 42.1 Å². The zero-order valence-corrected chi connectivity index (χ0v) is 23.0. The molecule has 1 aromatic heterocycles. The average Bonchev–Trinajstić information content (AvgIpc) is 3.77. The molecule has 0 amide bonds. The van der Waals surface area contributed by atoms with Crippen molar-refractivity contribution in [1.29, 1.82) is 0 Å². The van der Waals surface area contributed by atoms with E-state index < -0.39 is 35.0 Å². The van der Waals surface area contributed by atoms with E-state index in [0.29, 0.717) is 35.4 Å². The summed E-state index contributed by atoms with van der Waals surface area (Å²) >= 11 is 0. The highest BCUT2D eigenvalue weighted by Gasteiger charge is 2.48. The van der Waals surface area contributed by atoms with Crippen molar-refractivity contribution in [3.63, 3.8) is 0 Å². The van der Waals surface area contributed by atoms with E-state index in [0.717, 1.165) is 6.08 Å². The van der Waals surface area contributed by atoms with Gasteiger partial charge in [-0.1, -0.05) is 0 Å². The van der Waals surface area contributed by atoms with Gasteiger partial charge in [-0.15, -0.1) is 0 Å². The van der Waals surface area contributed by atoms with Crippen LogP contribution >= 0.6 is 0 Å². The maximum Gasteiger partial charge on any atom is 0.277 e. The van der Waals surface area contributed by atoms with E-state index in [2.05, 4.69) is 4.99 Å². The average molecular weight is 583 g/mol. The number of aliphatic hydroxyl groups is 1. The third kappa shape index (κ3) is 5.47. The monoisotopic (exact) mass is 582 g/mol. The maximum atomic E-state index is 13.7. The van der Waals surface area contributed by atoms with Crippen LogP contribution in [0.25, 0.3) is 17.3 Å². The molecule has 1 aliphatic carbocycles. The number of pyridine rings is 1. The number of benzene rings is 2. The molecule has 2 aromatic carbocycles. The Morgan fingerprint density at radius 1 is 1.29 bits per heavy atom. The molecule has 3 aromatic rings. The fraction of sp³-hybridized carbons (Fsp3) is 0.333. The Bertz CT molecular complexity index is 1570. The Labute approximate surface area is 240 Å². The largest absolute Gasteiger partial charge is 0.858 e. The second kappa shape index (κ2) is 10.8. The van der Waals surface area contributed by atoms with Gasteiger partial charge in [-0.3, -0.25) is 4.99 Å². The van der Waals surface area contributed by atoms with Crippen molar-refractivity contribution in [2.24, 2.45) is 22.4 Å². The number of aliphatic imine (C=N–C) groups is 1. The molecule has 0 radical (unpaired) electrons. The van der Waals surface area contributed by atoms with Crippen molar-refractivity contribution in [2.75, 3.05) is 26.0 Å². The van der Waals surface area contributed by atoms with Gasteiger partial charge in [0.2, 0.25) is 0 Å². The third-order valence-electron chi connectivity index (χ3n) is 7.60. The van der Waals surface area contributed by atoms with Crippen molar-refractivity contribution in [3.8, 4) is 22.8 Å². The summed E-state index contributed by atoms with van der Waals surface area (Å²) in [5, 5.41) is 25.3. The van der Waals surface area contributed by atoms with E-state index in [1.54, 1.807) is 25.1 Å². The third-order valence-corrected chi connectivity index (χ3v) is 7.60. The Balaban J connectivity index is 1.56. The van der Waals surface area contributed by atoms with E-state index in [-0.39, 0.29) is 47.3 Å². The summed E-state index contributed by atoms with van der Waals surface area (Å²) in [4.78, 5) is 8.91. The van der Waals surface area contributed by atoms with Gasteiger partial charge in [0.1, 0.15) is 29.5 Å². The molecule has 1 saturated carbocycles. The van der Waals surface area contributed by atoms with Crippen molar-refractivity contribution >= 4 is 17.7 Å². The van der Waals surface area contributed by atoms with Gasteiger partial charge in [0, 0.05) is 16.7 Å². The predicted octanol–water partition coefficient (Wildman–Crippen LogP) is 3.01. The van der Waals surface area contributed by atoms with Gasteiger partial charge in [0.25, 0.3) is 6.43 Å². The molecule has 2 atom stereocenters. The van der Waals surface area contributed by atoms with Crippen molar-refractivity contribution < 1.29 is 32.9 Å². The fourth-order valence-electron chi connectivity index (χ4n) is 4.99. The number of fused-ring (bicyclic) bond motifs is 1. The number of nitrogens with two attached hydrogens (primary N) is 3. The summed E-state index contributed by atoms with van der Waals surface area (Å²) in [5.41, 5.74) is 16.6. The quantitative estimate of drug-likeness (QED) is 0.170. The highest BCUT2D eigenvalue weighted by atomic mass is 19.3. The molecule has 1 aliphatic heterocycles. The Morgan fingerprint density at radius 3 is 2.60 bits per heavy atom. The lowest BCUT2D eigenvalue weighted by molar-refractivity contribution is -0.213. The van der Waals surface area contributed by atoms with Gasteiger partial charge in [-0.25, -0.2) is 18.2 Å². The predicted molar refractivity (Wildman–Crippen MR) is 150 cm³/mol. The van der Waals surface area contributed by atoms with Crippen LogP contribution in [0, 0.1) is 11.7 Å². The van der Waals surface area contributed by atoms with E-state index >= 15 is 0 Å². The smallest absolute Gasteiger partial charge is 0.277 e. The Kier molecular flexibility index (Phi) is 7.54. The molecule has 12 heteroatoms. The van der Waals surface area contributed by atoms with E-state index in [9.17, 15) is 23.4 Å². The number of hydrogen-bond acceptors (Lipinski definition) is 9. The van der Waals surface area contributed by atoms with Crippen LogP contribution in [0.15, 0.2) is 53.2 Å². The molecule has 0 unspecified atom stereocenters. The number of ether oxygens (including phenoxy) is 2. The lowest BCUT2D eigenvalue weighted by Crippen LogP contribution is -2.37. The van der Waals surface area contributed by atoms with Gasteiger partial charge in [0.05, 0.1) is 36.3 Å². The number of hydrogen-bond donors (Lipinski definition) is 4. The lowest BCUT2D eigenvalue weighted by Gasteiger charge is -2.29. The zero-order chi connectivity index (χ0) is 30.4. The van der Waals surface area contributed by atoms with Gasteiger partial charge < -0.3 is 36.9 Å². The van der Waals surface area contributed by atoms with Crippen molar-refractivity contribution in [2.45, 2.75) is 37.3 Å². The molecule has 9 nitrogen and oxygen atoms in total. The molecule has 2 heterocycles. The lowest BCUT2D eigenvalue weighted by atomic mass is 9.87. The highest BCUT2D eigenvalue weighted by molar-refractivity contribution is 5.93. The molecule has 5 rings (SSSR count). The Morgan fingerprint density at radius 2 is 1.98 bits per heavy atom. The zero-order valence-electron chi connectivity index (χ0n) is 23.0. The van der Waals surface area contributed by atoms with E-state index in [4.69, 9.17) is 31.7 Å². The summed E-state index contributed by atoms with van der Waals surface area (Å²) in [6.07, 6.45) is -0.595. The fourth-order valence-corrected chi connectivity index (χ4v) is 4.99. The summed E-state index contributed by atoms with van der Waals surface area (Å²) in [5.74, 6) is -0.868. The van der Waals surface area contributed by atoms with E-state index in [1.807, 2.05) is 0 Å². The number of halogens is 3. The van der Waals surface area contributed by atoms with Crippen LogP contribution in [-0.4, -0.2) is 42.7 Å². The molecule has 0 bridgehead atoms. The molecule has 0 spiro atoms. The number of rotatable bonds is 9. The topological polar surface area (TPSA) is 165 Å². The minimum atomic E-state index is -2.92.